The molecule has 0 aliphatic rings. The minimum Gasteiger partial charge on any atom is -0.145 e. The van der Waals surface area contributed by atoms with Crippen molar-refractivity contribution in [3.05, 3.63) is 95.1 Å². The topological polar surface area (TPSA) is 29.4 Å². The van der Waals surface area contributed by atoms with E-state index in [1.54, 1.807) is 13.0 Å². The molecule has 0 heterocycles. The highest BCUT2D eigenvalue weighted by Crippen LogP contribution is 2.20. The third-order valence-electron chi connectivity index (χ3n) is 2.88. The van der Waals surface area contributed by atoms with Crippen molar-refractivity contribution in [1.29, 1.82) is 0 Å². The Morgan fingerprint density at radius 1 is 1.15 bits per heavy atom. The van der Waals surface area contributed by atoms with E-state index in [4.69, 9.17) is 0 Å². The van der Waals surface area contributed by atoms with Crippen LogP contribution in [0.2, 0.25) is 0 Å². The SMILES string of the molecule is C=C/C(=C\C(=C)/C(C)=C/C=C(\C)N=O)c1ccccc1. The van der Waals surface area contributed by atoms with Gasteiger partial charge in [-0.3, -0.25) is 0 Å². The van der Waals surface area contributed by atoms with Crippen LogP contribution in [0.15, 0.2) is 89.8 Å². The van der Waals surface area contributed by atoms with Gasteiger partial charge in [-0.1, -0.05) is 55.6 Å². The molecule has 0 amide bonds. The number of nitrogens with zero attached hydrogens (tertiary/aromatic N) is 1. The number of rotatable bonds is 6. The fourth-order valence-corrected chi connectivity index (χ4v) is 1.58. The lowest BCUT2D eigenvalue weighted by atomic mass is 10.0. The van der Waals surface area contributed by atoms with E-state index in [0.717, 1.165) is 22.3 Å². The molecule has 0 aromatic heterocycles. The maximum Gasteiger partial charge on any atom is 0.0818 e. The summed E-state index contributed by atoms with van der Waals surface area (Å²) in [6.07, 6.45) is 7.30. The zero-order valence-electron chi connectivity index (χ0n) is 12.0. The summed E-state index contributed by atoms with van der Waals surface area (Å²) >= 11 is 0. The number of benzene rings is 1. The third-order valence-corrected chi connectivity index (χ3v) is 2.88. The summed E-state index contributed by atoms with van der Waals surface area (Å²) in [4.78, 5) is 10.3. The van der Waals surface area contributed by atoms with Gasteiger partial charge in [0.1, 0.15) is 0 Å². The van der Waals surface area contributed by atoms with E-state index < -0.39 is 0 Å². The van der Waals surface area contributed by atoms with Crippen LogP contribution in [0.3, 0.4) is 0 Å². The molecule has 20 heavy (non-hydrogen) atoms. The first-order chi connectivity index (χ1) is 9.58. The van der Waals surface area contributed by atoms with Gasteiger partial charge < -0.3 is 0 Å². The smallest absolute Gasteiger partial charge is 0.0818 e. The standard InChI is InChI=1S/C18H19NO/c1-5-17(18-9-7-6-8-10-18)13-15(3)14(2)11-12-16(4)19-20/h5-13H,1,3H2,2,4H3/b14-11+,16-12+,17-13+. The lowest BCUT2D eigenvalue weighted by molar-refractivity contribution is 1.28. The number of allylic oxidation sites excluding steroid dienone is 8. The predicted molar refractivity (Wildman–Crippen MR) is 87.1 cm³/mol. The third kappa shape index (κ3) is 4.65. The van der Waals surface area contributed by atoms with Crippen molar-refractivity contribution in [1.82, 2.24) is 0 Å². The molecular weight excluding hydrogens is 246 g/mol. The molecule has 0 aliphatic carbocycles. The second-order valence-electron chi connectivity index (χ2n) is 4.44. The van der Waals surface area contributed by atoms with E-state index in [9.17, 15) is 4.91 Å². The minimum atomic E-state index is 0.438. The molecule has 0 unspecified atom stereocenters. The largest absolute Gasteiger partial charge is 0.145 e. The zero-order valence-corrected chi connectivity index (χ0v) is 12.0. The van der Waals surface area contributed by atoms with Crippen LogP contribution in [0, 0.1) is 4.91 Å². The summed E-state index contributed by atoms with van der Waals surface area (Å²) in [7, 11) is 0. The van der Waals surface area contributed by atoms with E-state index in [1.165, 1.54) is 0 Å². The number of nitroso groups, excluding NO2 is 1. The van der Waals surface area contributed by atoms with Crippen molar-refractivity contribution < 1.29 is 0 Å². The molecule has 0 atom stereocenters. The first kappa shape index (κ1) is 15.6. The average Bonchev–Trinajstić information content (AvgIpc) is 2.50. The summed E-state index contributed by atoms with van der Waals surface area (Å²) in [5.41, 5.74) is 4.39. The highest BCUT2D eigenvalue weighted by atomic mass is 16.3. The molecule has 0 aliphatic heterocycles. The summed E-state index contributed by atoms with van der Waals surface area (Å²) in [6.45, 7) is 11.5. The van der Waals surface area contributed by atoms with Crippen molar-refractivity contribution in [2.75, 3.05) is 0 Å². The first-order valence-corrected chi connectivity index (χ1v) is 6.36. The normalized spacial score (nSPS) is 13.0. The van der Waals surface area contributed by atoms with Crippen LogP contribution in [0.25, 0.3) is 5.57 Å². The first-order valence-electron chi connectivity index (χ1n) is 6.36. The van der Waals surface area contributed by atoms with Gasteiger partial charge in [-0.25, -0.2) is 0 Å². The molecule has 0 N–H and O–H groups in total. The fraction of sp³-hybridized carbons (Fsp3) is 0.111. The van der Waals surface area contributed by atoms with Crippen LogP contribution < -0.4 is 0 Å². The molecular formula is C18H19NO. The molecule has 102 valence electrons. The summed E-state index contributed by atoms with van der Waals surface area (Å²) < 4.78 is 0. The molecule has 0 bridgehead atoms. The van der Waals surface area contributed by atoms with Gasteiger partial charge in [0.05, 0.1) is 5.70 Å². The number of hydrogen-bond acceptors (Lipinski definition) is 2. The van der Waals surface area contributed by atoms with Crippen LogP contribution in [-0.4, -0.2) is 0 Å². The quantitative estimate of drug-likeness (QED) is 0.498. The van der Waals surface area contributed by atoms with Gasteiger partial charge in [-0.15, -0.1) is 4.91 Å². The van der Waals surface area contributed by atoms with Crippen LogP contribution >= 0.6 is 0 Å². The Hall–Kier alpha value is -2.48. The minimum absolute atomic E-state index is 0.438. The van der Waals surface area contributed by atoms with Crippen LogP contribution in [0.1, 0.15) is 19.4 Å². The second-order valence-corrected chi connectivity index (χ2v) is 4.44. The predicted octanol–water partition coefficient (Wildman–Crippen LogP) is 5.43. The molecule has 2 heteroatoms. The summed E-state index contributed by atoms with van der Waals surface area (Å²) in [5, 5.41) is 2.85. The fourth-order valence-electron chi connectivity index (χ4n) is 1.58. The van der Waals surface area contributed by atoms with Gasteiger partial charge in [0.15, 0.2) is 0 Å². The Bertz CT molecular complexity index is 589. The molecule has 0 saturated heterocycles. The zero-order chi connectivity index (χ0) is 15.0. The van der Waals surface area contributed by atoms with Crippen molar-refractivity contribution >= 4 is 5.57 Å². The monoisotopic (exact) mass is 265 g/mol. The van der Waals surface area contributed by atoms with E-state index in [-0.39, 0.29) is 0 Å². The molecule has 0 spiro atoms. The van der Waals surface area contributed by atoms with Gasteiger partial charge in [0.2, 0.25) is 0 Å². The lowest BCUT2D eigenvalue weighted by Crippen LogP contribution is -1.84. The molecule has 1 aromatic rings. The molecule has 2 nitrogen and oxygen atoms in total. The molecule has 0 saturated carbocycles. The Balaban J connectivity index is 2.99. The van der Waals surface area contributed by atoms with Crippen molar-refractivity contribution in [3.8, 4) is 0 Å². The molecule has 0 fully saturated rings. The van der Waals surface area contributed by atoms with E-state index in [2.05, 4.69) is 18.3 Å². The van der Waals surface area contributed by atoms with E-state index in [1.807, 2.05) is 55.5 Å². The Labute approximate surface area is 120 Å². The van der Waals surface area contributed by atoms with Crippen molar-refractivity contribution in [2.24, 2.45) is 5.18 Å². The Morgan fingerprint density at radius 2 is 1.80 bits per heavy atom. The summed E-state index contributed by atoms with van der Waals surface area (Å²) in [5.74, 6) is 0. The molecule has 1 rings (SSSR count). The summed E-state index contributed by atoms with van der Waals surface area (Å²) in [6, 6.07) is 10.0. The Kier molecular flexibility index (Phi) is 6.11. The van der Waals surface area contributed by atoms with Crippen molar-refractivity contribution in [2.45, 2.75) is 13.8 Å². The van der Waals surface area contributed by atoms with Crippen LogP contribution in [0.4, 0.5) is 0 Å². The van der Waals surface area contributed by atoms with E-state index in [0.29, 0.717) is 5.70 Å². The second kappa shape index (κ2) is 7.85. The average molecular weight is 265 g/mol. The van der Waals surface area contributed by atoms with Gasteiger partial charge >= 0.3 is 0 Å². The van der Waals surface area contributed by atoms with Gasteiger partial charge in [-0.05, 0) is 53.5 Å². The molecule has 0 radical (unpaired) electrons. The van der Waals surface area contributed by atoms with Gasteiger partial charge in [0, 0.05) is 0 Å². The maximum atomic E-state index is 10.3. The number of hydrogen-bond donors (Lipinski definition) is 0. The Morgan fingerprint density at radius 3 is 2.35 bits per heavy atom. The van der Waals surface area contributed by atoms with Crippen molar-refractivity contribution in [3.63, 3.8) is 0 Å². The van der Waals surface area contributed by atoms with Crippen LogP contribution in [-0.2, 0) is 0 Å². The maximum absolute atomic E-state index is 10.3. The van der Waals surface area contributed by atoms with E-state index >= 15 is 0 Å². The highest BCUT2D eigenvalue weighted by Gasteiger charge is 1.99. The van der Waals surface area contributed by atoms with Gasteiger partial charge in [0.25, 0.3) is 0 Å². The highest BCUT2D eigenvalue weighted by molar-refractivity contribution is 5.76. The van der Waals surface area contributed by atoms with Gasteiger partial charge in [-0.2, -0.15) is 0 Å². The lowest BCUT2D eigenvalue weighted by Gasteiger charge is -2.05. The van der Waals surface area contributed by atoms with Crippen LogP contribution in [0.5, 0.6) is 0 Å². The molecule has 1 aromatic carbocycles.